The Hall–Kier alpha value is -2.07. The largest absolute Gasteiger partial charge is 0.197 e. The fraction of sp³-hybridized carbons (Fsp3) is 0.0667. The molecule has 0 amide bonds. The Balaban J connectivity index is 1.69. The van der Waals surface area contributed by atoms with E-state index in [0.717, 1.165) is 10.8 Å². The molecule has 0 aliphatic carbocycles. The van der Waals surface area contributed by atoms with Gasteiger partial charge in [0.05, 0.1) is 6.20 Å². The van der Waals surface area contributed by atoms with Crippen LogP contribution in [-0.2, 0) is 5.75 Å². The molecule has 3 aromatic rings. The number of nitrogens with zero attached hydrogens (tertiary/aromatic N) is 2. The molecule has 2 aromatic carbocycles. The zero-order chi connectivity index (χ0) is 12.9. The summed E-state index contributed by atoms with van der Waals surface area (Å²) in [6, 6.07) is 19.0. The van der Waals surface area contributed by atoms with Crippen molar-refractivity contribution in [3.8, 4) is 11.1 Å². The molecule has 1 N–H and O–H groups in total. The molecule has 0 fully saturated rings. The molecule has 4 heteroatoms. The minimum Gasteiger partial charge on any atom is -0.197 e. The summed E-state index contributed by atoms with van der Waals surface area (Å²) in [5.74, 6) is 0.904. The third-order valence-electron chi connectivity index (χ3n) is 2.84. The van der Waals surface area contributed by atoms with Gasteiger partial charge >= 0.3 is 0 Å². The van der Waals surface area contributed by atoms with Crippen LogP contribution >= 0.6 is 11.8 Å². The van der Waals surface area contributed by atoms with Crippen molar-refractivity contribution >= 4 is 11.8 Å². The SMILES string of the molecule is c1ccc(-c2ccc(CSc3cn[nH]n3)cc2)cc1. The highest BCUT2D eigenvalue weighted by Crippen LogP contribution is 2.23. The summed E-state index contributed by atoms with van der Waals surface area (Å²) in [5, 5.41) is 11.4. The van der Waals surface area contributed by atoms with Gasteiger partial charge in [-0.1, -0.05) is 66.4 Å². The highest BCUT2D eigenvalue weighted by atomic mass is 32.2. The number of aromatic nitrogens is 3. The van der Waals surface area contributed by atoms with Gasteiger partial charge in [0.1, 0.15) is 5.03 Å². The predicted octanol–water partition coefficient (Wildman–Crippen LogP) is 3.76. The van der Waals surface area contributed by atoms with Crippen LogP contribution in [0.1, 0.15) is 5.56 Å². The summed E-state index contributed by atoms with van der Waals surface area (Å²) in [6.07, 6.45) is 1.74. The van der Waals surface area contributed by atoms with Gasteiger partial charge < -0.3 is 0 Å². The van der Waals surface area contributed by atoms with Crippen LogP contribution in [0, 0.1) is 0 Å². The number of hydrogen-bond donors (Lipinski definition) is 1. The van der Waals surface area contributed by atoms with Crippen LogP contribution in [0.15, 0.2) is 65.8 Å². The molecule has 1 heterocycles. The van der Waals surface area contributed by atoms with Crippen molar-refractivity contribution in [2.75, 3.05) is 0 Å². The average molecular weight is 267 g/mol. The number of hydrogen-bond acceptors (Lipinski definition) is 3. The maximum Gasteiger partial charge on any atom is 0.139 e. The third-order valence-corrected chi connectivity index (χ3v) is 3.81. The van der Waals surface area contributed by atoms with Gasteiger partial charge in [0, 0.05) is 5.75 Å². The van der Waals surface area contributed by atoms with Crippen LogP contribution in [-0.4, -0.2) is 15.4 Å². The fourth-order valence-electron chi connectivity index (χ4n) is 1.84. The number of thioether (sulfide) groups is 1. The van der Waals surface area contributed by atoms with E-state index in [0.29, 0.717) is 0 Å². The zero-order valence-corrected chi connectivity index (χ0v) is 11.1. The van der Waals surface area contributed by atoms with Crippen LogP contribution in [0.25, 0.3) is 11.1 Å². The highest BCUT2D eigenvalue weighted by Gasteiger charge is 2.00. The highest BCUT2D eigenvalue weighted by molar-refractivity contribution is 7.98. The summed E-state index contributed by atoms with van der Waals surface area (Å²) in [6.45, 7) is 0. The zero-order valence-electron chi connectivity index (χ0n) is 10.3. The van der Waals surface area contributed by atoms with Crippen LogP contribution in [0.5, 0.6) is 0 Å². The Morgan fingerprint density at radius 3 is 2.32 bits per heavy atom. The maximum absolute atomic E-state index is 4.02. The van der Waals surface area contributed by atoms with E-state index in [2.05, 4.69) is 63.9 Å². The van der Waals surface area contributed by atoms with E-state index in [1.165, 1.54) is 16.7 Å². The van der Waals surface area contributed by atoms with Crippen molar-refractivity contribution in [3.05, 3.63) is 66.4 Å². The number of benzene rings is 2. The Morgan fingerprint density at radius 1 is 0.895 bits per heavy atom. The molecule has 0 aliphatic heterocycles. The van der Waals surface area contributed by atoms with Crippen LogP contribution < -0.4 is 0 Å². The first-order chi connectivity index (χ1) is 9.42. The van der Waals surface area contributed by atoms with Crippen LogP contribution in [0.3, 0.4) is 0 Å². The lowest BCUT2D eigenvalue weighted by atomic mass is 10.0. The molecule has 3 nitrogen and oxygen atoms in total. The molecule has 0 unspecified atom stereocenters. The smallest absolute Gasteiger partial charge is 0.139 e. The fourth-order valence-corrected chi connectivity index (χ4v) is 2.58. The lowest BCUT2D eigenvalue weighted by Crippen LogP contribution is -1.82. The quantitative estimate of drug-likeness (QED) is 0.732. The first kappa shape index (κ1) is 12.0. The molecule has 0 bridgehead atoms. The van der Waals surface area contributed by atoms with Crippen molar-refractivity contribution in [1.29, 1.82) is 0 Å². The molecule has 3 rings (SSSR count). The van der Waals surface area contributed by atoms with E-state index in [4.69, 9.17) is 0 Å². The minimum atomic E-state index is 0.904. The van der Waals surface area contributed by atoms with Crippen LogP contribution in [0.2, 0.25) is 0 Å². The monoisotopic (exact) mass is 267 g/mol. The molecule has 0 atom stereocenters. The number of H-pyrrole nitrogens is 1. The lowest BCUT2D eigenvalue weighted by molar-refractivity contribution is 0.911. The van der Waals surface area contributed by atoms with Crippen molar-refractivity contribution < 1.29 is 0 Å². The van der Waals surface area contributed by atoms with Gasteiger partial charge in [-0.2, -0.15) is 10.3 Å². The van der Waals surface area contributed by atoms with Gasteiger partial charge in [-0.05, 0) is 16.7 Å². The van der Waals surface area contributed by atoms with Crippen LogP contribution in [0.4, 0.5) is 0 Å². The van der Waals surface area contributed by atoms with E-state index < -0.39 is 0 Å². The predicted molar refractivity (Wildman–Crippen MR) is 77.8 cm³/mol. The maximum atomic E-state index is 4.02. The second kappa shape index (κ2) is 5.71. The van der Waals surface area contributed by atoms with Gasteiger partial charge in [0.2, 0.25) is 0 Å². The molecule has 0 spiro atoms. The summed E-state index contributed by atoms with van der Waals surface area (Å²) in [4.78, 5) is 0. The second-order valence-corrected chi connectivity index (χ2v) is 5.16. The van der Waals surface area contributed by atoms with Gasteiger partial charge in [0.15, 0.2) is 0 Å². The molecule has 19 heavy (non-hydrogen) atoms. The molecule has 0 radical (unpaired) electrons. The van der Waals surface area contributed by atoms with Crippen molar-refractivity contribution in [2.24, 2.45) is 0 Å². The third kappa shape index (κ3) is 3.03. The molecular weight excluding hydrogens is 254 g/mol. The van der Waals surface area contributed by atoms with Gasteiger partial charge in [-0.25, -0.2) is 0 Å². The van der Waals surface area contributed by atoms with E-state index in [1.807, 2.05) is 6.07 Å². The second-order valence-electron chi connectivity index (χ2n) is 4.16. The topological polar surface area (TPSA) is 41.6 Å². The van der Waals surface area contributed by atoms with E-state index in [9.17, 15) is 0 Å². The first-order valence-corrected chi connectivity index (χ1v) is 7.03. The molecule has 1 aromatic heterocycles. The molecular formula is C15H13N3S. The van der Waals surface area contributed by atoms with Gasteiger partial charge in [-0.15, -0.1) is 5.10 Å². The van der Waals surface area contributed by atoms with Gasteiger partial charge in [0.25, 0.3) is 0 Å². The summed E-state index contributed by atoms with van der Waals surface area (Å²) < 4.78 is 0. The summed E-state index contributed by atoms with van der Waals surface area (Å²) in [7, 11) is 0. The van der Waals surface area contributed by atoms with E-state index in [1.54, 1.807) is 18.0 Å². The van der Waals surface area contributed by atoms with Crippen molar-refractivity contribution in [1.82, 2.24) is 15.4 Å². The molecule has 0 saturated heterocycles. The average Bonchev–Trinajstić information content (AvgIpc) is 3.00. The lowest BCUT2D eigenvalue weighted by Gasteiger charge is -2.03. The molecule has 0 aliphatic rings. The molecule has 0 saturated carbocycles. The Bertz CT molecular complexity index is 618. The Labute approximate surface area is 116 Å². The van der Waals surface area contributed by atoms with Gasteiger partial charge in [-0.3, -0.25) is 0 Å². The first-order valence-electron chi connectivity index (χ1n) is 6.05. The standard InChI is InChI=1S/C15H13N3S/c1-2-4-13(5-3-1)14-8-6-12(7-9-14)11-19-15-10-16-18-17-15/h1-10H,11H2,(H,16,17,18). The van der Waals surface area contributed by atoms with E-state index >= 15 is 0 Å². The van der Waals surface area contributed by atoms with Crippen molar-refractivity contribution in [2.45, 2.75) is 10.8 Å². The van der Waals surface area contributed by atoms with Crippen molar-refractivity contribution in [3.63, 3.8) is 0 Å². The molecule has 94 valence electrons. The van der Waals surface area contributed by atoms with E-state index in [-0.39, 0.29) is 0 Å². The summed E-state index contributed by atoms with van der Waals surface area (Å²) in [5.41, 5.74) is 3.78. The summed E-state index contributed by atoms with van der Waals surface area (Å²) >= 11 is 1.68. The number of aromatic amines is 1. The number of nitrogens with one attached hydrogen (secondary N) is 1. The number of rotatable bonds is 4. The minimum absolute atomic E-state index is 0.904. The normalized spacial score (nSPS) is 10.5. The Morgan fingerprint density at radius 2 is 1.63 bits per heavy atom. The Kier molecular flexibility index (Phi) is 3.61.